The molecule has 74 valence electrons. The van der Waals surface area contributed by atoms with Crippen LogP contribution in [0.5, 0.6) is 0 Å². The molecule has 1 aromatic heterocycles. The summed E-state index contributed by atoms with van der Waals surface area (Å²) in [5, 5.41) is 12.4. The predicted octanol–water partition coefficient (Wildman–Crippen LogP) is -0.231. The van der Waals surface area contributed by atoms with E-state index in [1.165, 1.54) is 0 Å². The average Bonchev–Trinajstić information content (AvgIpc) is 2.64. The Morgan fingerprint density at radius 2 is 2.38 bits per heavy atom. The quantitative estimate of drug-likeness (QED) is 0.676. The minimum absolute atomic E-state index is 0.219. The lowest BCUT2D eigenvalue weighted by Gasteiger charge is -2.01. The second kappa shape index (κ2) is 4.31. The van der Waals surface area contributed by atoms with Crippen LogP contribution in [-0.4, -0.2) is 29.0 Å². The Balaban J connectivity index is 2.74. The summed E-state index contributed by atoms with van der Waals surface area (Å²) >= 11 is 0. The summed E-state index contributed by atoms with van der Waals surface area (Å²) in [6, 6.07) is -0.620. The largest absolute Gasteiger partial charge is 0.394 e. The van der Waals surface area contributed by atoms with Gasteiger partial charge in [0.15, 0.2) is 5.82 Å². The molecular weight excluding hydrogens is 174 g/mol. The molecule has 1 aromatic rings. The molecule has 0 amide bonds. The van der Waals surface area contributed by atoms with Gasteiger partial charge in [0.1, 0.15) is 12.1 Å². The number of ether oxygens (including phenoxy) is 1. The molecule has 2 atom stereocenters. The normalized spacial score (nSPS) is 15.7. The highest BCUT2D eigenvalue weighted by Gasteiger charge is 2.16. The van der Waals surface area contributed by atoms with Crippen LogP contribution in [0.1, 0.15) is 30.8 Å². The Labute approximate surface area is 75.7 Å². The zero-order chi connectivity index (χ0) is 9.84. The van der Waals surface area contributed by atoms with E-state index in [2.05, 4.69) is 10.1 Å². The topological polar surface area (TPSA) is 94.4 Å². The summed E-state index contributed by atoms with van der Waals surface area (Å²) in [5.74, 6) is 0.655. The number of aliphatic hydroxyl groups excluding tert-OH is 1. The molecule has 6 heteroatoms. The third-order valence-electron chi connectivity index (χ3n) is 1.69. The van der Waals surface area contributed by atoms with Crippen molar-refractivity contribution in [1.29, 1.82) is 0 Å². The van der Waals surface area contributed by atoms with E-state index in [0.29, 0.717) is 5.82 Å². The van der Waals surface area contributed by atoms with Gasteiger partial charge in [0.05, 0.1) is 6.61 Å². The van der Waals surface area contributed by atoms with Gasteiger partial charge < -0.3 is 20.1 Å². The molecule has 6 nitrogen and oxygen atoms in total. The van der Waals surface area contributed by atoms with Gasteiger partial charge in [-0.2, -0.15) is 4.98 Å². The van der Waals surface area contributed by atoms with Crippen LogP contribution in [0.3, 0.4) is 0 Å². The van der Waals surface area contributed by atoms with E-state index >= 15 is 0 Å². The van der Waals surface area contributed by atoms with Crippen LogP contribution in [0.25, 0.3) is 0 Å². The molecule has 0 bridgehead atoms. The Morgan fingerprint density at radius 1 is 1.69 bits per heavy atom. The fourth-order valence-corrected chi connectivity index (χ4v) is 0.746. The fourth-order valence-electron chi connectivity index (χ4n) is 0.746. The first-order valence-electron chi connectivity index (χ1n) is 3.91. The van der Waals surface area contributed by atoms with E-state index < -0.39 is 6.04 Å². The van der Waals surface area contributed by atoms with Crippen LogP contribution in [-0.2, 0) is 4.74 Å². The molecule has 1 heterocycles. The molecule has 0 aliphatic carbocycles. The number of nitrogens with zero attached hydrogens (tertiary/aromatic N) is 2. The molecule has 0 saturated heterocycles. The van der Waals surface area contributed by atoms with Crippen molar-refractivity contribution in [1.82, 2.24) is 10.1 Å². The van der Waals surface area contributed by atoms with Crippen molar-refractivity contribution in [2.24, 2.45) is 5.73 Å². The van der Waals surface area contributed by atoms with E-state index in [0.717, 1.165) is 0 Å². The van der Waals surface area contributed by atoms with Gasteiger partial charge in [-0.25, -0.2) is 0 Å². The van der Waals surface area contributed by atoms with Crippen molar-refractivity contribution in [3.8, 4) is 0 Å². The molecule has 1 unspecified atom stereocenters. The highest BCUT2D eigenvalue weighted by Crippen LogP contribution is 2.14. The third-order valence-corrected chi connectivity index (χ3v) is 1.69. The second-order valence-corrected chi connectivity index (χ2v) is 2.66. The number of rotatable bonds is 4. The average molecular weight is 187 g/mol. The first kappa shape index (κ1) is 10.1. The van der Waals surface area contributed by atoms with Gasteiger partial charge in [0.2, 0.25) is 5.89 Å². The van der Waals surface area contributed by atoms with Crippen LogP contribution >= 0.6 is 0 Å². The van der Waals surface area contributed by atoms with Crippen LogP contribution in [0.4, 0.5) is 0 Å². The van der Waals surface area contributed by atoms with Crippen molar-refractivity contribution in [2.75, 3.05) is 13.7 Å². The van der Waals surface area contributed by atoms with E-state index in [9.17, 15) is 0 Å². The summed E-state index contributed by atoms with van der Waals surface area (Å²) in [4.78, 5) is 3.96. The second-order valence-electron chi connectivity index (χ2n) is 2.66. The van der Waals surface area contributed by atoms with Crippen LogP contribution in [0, 0.1) is 0 Å². The lowest BCUT2D eigenvalue weighted by molar-refractivity contribution is 0.109. The lowest BCUT2D eigenvalue weighted by Crippen LogP contribution is -2.15. The number of methoxy groups -OCH3 is 1. The molecule has 1 rings (SSSR count). The number of aromatic nitrogens is 2. The van der Waals surface area contributed by atoms with E-state index in [1.54, 1.807) is 14.0 Å². The molecule has 0 fully saturated rings. The third kappa shape index (κ3) is 2.24. The summed E-state index contributed by atoms with van der Waals surface area (Å²) in [6.07, 6.45) is -0.233. The molecule has 0 spiro atoms. The number of hydrogen-bond donors (Lipinski definition) is 2. The van der Waals surface area contributed by atoms with E-state index in [-0.39, 0.29) is 18.6 Å². The Morgan fingerprint density at radius 3 is 2.92 bits per heavy atom. The summed E-state index contributed by atoms with van der Waals surface area (Å²) in [5.41, 5.74) is 5.46. The maximum absolute atomic E-state index is 8.71. The van der Waals surface area contributed by atoms with Crippen molar-refractivity contribution < 1.29 is 14.4 Å². The first-order valence-corrected chi connectivity index (χ1v) is 3.91. The van der Waals surface area contributed by atoms with Gasteiger partial charge in [-0.05, 0) is 6.92 Å². The summed E-state index contributed by atoms with van der Waals surface area (Å²) in [7, 11) is 1.55. The Hall–Kier alpha value is -0.980. The van der Waals surface area contributed by atoms with Gasteiger partial charge in [0, 0.05) is 7.11 Å². The Kier molecular flexibility index (Phi) is 3.35. The Bertz CT molecular complexity index is 239. The van der Waals surface area contributed by atoms with Gasteiger partial charge in [-0.3, -0.25) is 0 Å². The van der Waals surface area contributed by atoms with Crippen molar-refractivity contribution in [3.63, 3.8) is 0 Å². The van der Waals surface area contributed by atoms with Crippen molar-refractivity contribution in [2.45, 2.75) is 19.1 Å². The number of nitrogens with two attached hydrogens (primary N) is 1. The maximum Gasteiger partial charge on any atom is 0.246 e. The fraction of sp³-hybridized carbons (Fsp3) is 0.714. The molecule has 0 aliphatic rings. The van der Waals surface area contributed by atoms with Gasteiger partial charge in [0.25, 0.3) is 0 Å². The van der Waals surface area contributed by atoms with Crippen molar-refractivity contribution in [3.05, 3.63) is 11.7 Å². The molecule has 0 saturated carbocycles. The van der Waals surface area contributed by atoms with E-state index in [1.807, 2.05) is 0 Å². The molecule has 3 N–H and O–H groups in total. The predicted molar refractivity (Wildman–Crippen MR) is 43.7 cm³/mol. The van der Waals surface area contributed by atoms with Crippen LogP contribution in [0.2, 0.25) is 0 Å². The number of hydrogen-bond acceptors (Lipinski definition) is 6. The molecule has 13 heavy (non-hydrogen) atoms. The van der Waals surface area contributed by atoms with Crippen LogP contribution in [0.15, 0.2) is 4.52 Å². The summed E-state index contributed by atoms with van der Waals surface area (Å²) in [6.45, 7) is 1.57. The molecule has 0 radical (unpaired) electrons. The smallest absolute Gasteiger partial charge is 0.246 e. The van der Waals surface area contributed by atoms with Gasteiger partial charge >= 0.3 is 0 Å². The van der Waals surface area contributed by atoms with Gasteiger partial charge in [-0.1, -0.05) is 5.16 Å². The van der Waals surface area contributed by atoms with Crippen LogP contribution < -0.4 is 5.73 Å². The first-order chi connectivity index (χ1) is 6.19. The maximum atomic E-state index is 8.71. The molecule has 0 aromatic carbocycles. The molecular formula is C7H13N3O3. The summed E-state index contributed by atoms with van der Waals surface area (Å²) < 4.78 is 9.79. The zero-order valence-electron chi connectivity index (χ0n) is 7.60. The lowest BCUT2D eigenvalue weighted by atomic mass is 10.3. The standard InChI is InChI=1S/C7H13N3O3/c1-4(12-2)6-9-7(13-10-6)5(8)3-11/h4-5,11H,3,8H2,1-2H3/t4?,5-/m0/s1. The zero-order valence-corrected chi connectivity index (χ0v) is 7.60. The number of aliphatic hydroxyl groups is 1. The minimum atomic E-state index is -0.620. The van der Waals surface area contributed by atoms with Crippen molar-refractivity contribution >= 4 is 0 Å². The molecule has 0 aliphatic heterocycles. The highest BCUT2D eigenvalue weighted by molar-refractivity contribution is 4.93. The highest BCUT2D eigenvalue weighted by atomic mass is 16.5. The van der Waals surface area contributed by atoms with Gasteiger partial charge in [-0.15, -0.1) is 0 Å². The minimum Gasteiger partial charge on any atom is -0.394 e. The monoisotopic (exact) mass is 187 g/mol. The van der Waals surface area contributed by atoms with E-state index in [4.69, 9.17) is 20.1 Å². The SMILES string of the molecule is COC(C)c1noc([C@@H](N)CO)n1.